The van der Waals surface area contributed by atoms with Crippen molar-refractivity contribution in [2.24, 2.45) is 5.92 Å². The predicted molar refractivity (Wildman–Crippen MR) is 74.4 cm³/mol. The number of rotatable bonds is 3. The molecule has 0 radical (unpaired) electrons. The van der Waals surface area contributed by atoms with Gasteiger partial charge in [0.25, 0.3) is 0 Å². The van der Waals surface area contributed by atoms with E-state index in [-0.39, 0.29) is 30.0 Å². The van der Waals surface area contributed by atoms with Gasteiger partial charge < -0.3 is 15.4 Å². The number of ether oxygens (including phenoxy) is 1. The first kappa shape index (κ1) is 15.7. The monoisotopic (exact) mass is 288 g/mol. The highest BCUT2D eigenvalue weighted by atomic mass is 35.5. The molecule has 1 heterocycles. The Kier molecular flexibility index (Phi) is 6.05. The van der Waals surface area contributed by atoms with E-state index >= 15 is 0 Å². The number of hydrogen-bond acceptors (Lipinski definition) is 3. The topological polar surface area (TPSA) is 50.4 Å². The average molecular weight is 289 g/mol. The maximum absolute atomic E-state index is 13.5. The fourth-order valence-corrected chi connectivity index (χ4v) is 2.06. The molecule has 0 spiro atoms. The summed E-state index contributed by atoms with van der Waals surface area (Å²) in [5.74, 6) is -0.403. The summed E-state index contributed by atoms with van der Waals surface area (Å²) in [6.07, 6.45) is 1.87. The summed E-state index contributed by atoms with van der Waals surface area (Å²) in [7, 11) is 1.41. The fourth-order valence-electron chi connectivity index (χ4n) is 2.06. The van der Waals surface area contributed by atoms with Gasteiger partial charge in [-0.2, -0.15) is 0 Å². The third kappa shape index (κ3) is 4.08. The number of anilines is 1. The highest BCUT2D eigenvalue weighted by Crippen LogP contribution is 2.21. The maximum Gasteiger partial charge on any atom is 0.228 e. The summed E-state index contributed by atoms with van der Waals surface area (Å²) < 4.78 is 18.3. The van der Waals surface area contributed by atoms with E-state index in [1.54, 1.807) is 6.07 Å². The molecule has 1 amide bonds. The highest BCUT2D eigenvalue weighted by Gasteiger charge is 2.21. The van der Waals surface area contributed by atoms with Gasteiger partial charge >= 0.3 is 0 Å². The van der Waals surface area contributed by atoms with Crippen LogP contribution in [0, 0.1) is 11.7 Å². The molecular formula is C13H18ClFN2O2. The van der Waals surface area contributed by atoms with Crippen LogP contribution in [-0.4, -0.2) is 26.1 Å². The fraction of sp³-hybridized carbons (Fsp3) is 0.462. The van der Waals surface area contributed by atoms with E-state index in [1.807, 2.05) is 0 Å². The number of methoxy groups -OCH3 is 1. The van der Waals surface area contributed by atoms with Crippen LogP contribution in [0.15, 0.2) is 18.2 Å². The van der Waals surface area contributed by atoms with E-state index in [1.165, 1.54) is 19.2 Å². The lowest BCUT2D eigenvalue weighted by molar-refractivity contribution is -0.120. The second-order valence-electron chi connectivity index (χ2n) is 4.38. The summed E-state index contributed by atoms with van der Waals surface area (Å²) in [5.41, 5.74) is 0.462. The van der Waals surface area contributed by atoms with Crippen LogP contribution in [-0.2, 0) is 4.79 Å². The Bertz CT molecular complexity index is 437. The Balaban J connectivity index is 0.00000180. The molecule has 1 aliphatic heterocycles. The predicted octanol–water partition coefficient (Wildman–Crippen LogP) is 2.19. The molecule has 0 unspecified atom stereocenters. The highest BCUT2D eigenvalue weighted by molar-refractivity contribution is 5.92. The second kappa shape index (κ2) is 7.31. The maximum atomic E-state index is 13.5. The van der Waals surface area contributed by atoms with Gasteiger partial charge in [0.1, 0.15) is 0 Å². The Labute approximate surface area is 118 Å². The molecular weight excluding hydrogens is 271 g/mol. The van der Waals surface area contributed by atoms with Gasteiger partial charge in [0, 0.05) is 18.3 Å². The van der Waals surface area contributed by atoms with Gasteiger partial charge in [-0.05, 0) is 31.5 Å². The number of carbonyl (C=O) groups excluding carboxylic acids is 1. The SMILES string of the molecule is COc1ccc(NC(=O)[C@@H]2CCCNC2)cc1F.Cl. The van der Waals surface area contributed by atoms with Crippen molar-refractivity contribution in [3.63, 3.8) is 0 Å². The van der Waals surface area contributed by atoms with Gasteiger partial charge in [-0.25, -0.2) is 4.39 Å². The van der Waals surface area contributed by atoms with Crippen molar-refractivity contribution in [3.05, 3.63) is 24.0 Å². The molecule has 0 aliphatic carbocycles. The molecule has 4 nitrogen and oxygen atoms in total. The quantitative estimate of drug-likeness (QED) is 0.896. The van der Waals surface area contributed by atoms with E-state index < -0.39 is 5.82 Å². The lowest BCUT2D eigenvalue weighted by Crippen LogP contribution is -2.37. The van der Waals surface area contributed by atoms with Crippen molar-refractivity contribution >= 4 is 24.0 Å². The number of amides is 1. The molecule has 1 aromatic carbocycles. The Hall–Kier alpha value is -1.33. The lowest BCUT2D eigenvalue weighted by atomic mass is 9.99. The van der Waals surface area contributed by atoms with E-state index in [9.17, 15) is 9.18 Å². The lowest BCUT2D eigenvalue weighted by Gasteiger charge is -2.21. The van der Waals surface area contributed by atoms with E-state index in [0.29, 0.717) is 12.2 Å². The first-order valence-electron chi connectivity index (χ1n) is 6.06. The van der Waals surface area contributed by atoms with Crippen LogP contribution in [0.1, 0.15) is 12.8 Å². The van der Waals surface area contributed by atoms with Crippen molar-refractivity contribution in [2.75, 3.05) is 25.5 Å². The third-order valence-corrected chi connectivity index (χ3v) is 3.09. The average Bonchev–Trinajstić information content (AvgIpc) is 2.40. The molecule has 2 N–H and O–H groups in total. The molecule has 1 saturated heterocycles. The van der Waals surface area contributed by atoms with Gasteiger partial charge in [0.05, 0.1) is 13.0 Å². The molecule has 0 saturated carbocycles. The van der Waals surface area contributed by atoms with Gasteiger partial charge in [0.15, 0.2) is 11.6 Å². The largest absolute Gasteiger partial charge is 0.494 e. The molecule has 2 rings (SSSR count). The third-order valence-electron chi connectivity index (χ3n) is 3.09. The molecule has 1 atom stereocenters. The summed E-state index contributed by atoms with van der Waals surface area (Å²) in [6.45, 7) is 1.64. The van der Waals surface area contributed by atoms with Crippen LogP contribution < -0.4 is 15.4 Å². The zero-order chi connectivity index (χ0) is 13.0. The molecule has 1 aromatic rings. The minimum absolute atomic E-state index is 0. The van der Waals surface area contributed by atoms with Crippen molar-refractivity contribution in [1.29, 1.82) is 0 Å². The van der Waals surface area contributed by atoms with Crippen molar-refractivity contribution in [3.8, 4) is 5.75 Å². The van der Waals surface area contributed by atoms with Crippen LogP contribution in [0.5, 0.6) is 5.75 Å². The molecule has 19 heavy (non-hydrogen) atoms. The van der Waals surface area contributed by atoms with E-state index in [0.717, 1.165) is 19.4 Å². The minimum atomic E-state index is -0.475. The summed E-state index contributed by atoms with van der Waals surface area (Å²) >= 11 is 0. The zero-order valence-corrected chi connectivity index (χ0v) is 11.6. The molecule has 6 heteroatoms. The van der Waals surface area contributed by atoms with Crippen molar-refractivity contribution in [2.45, 2.75) is 12.8 Å². The molecule has 1 aliphatic rings. The Morgan fingerprint density at radius 2 is 2.32 bits per heavy atom. The number of benzene rings is 1. The Morgan fingerprint density at radius 1 is 1.53 bits per heavy atom. The van der Waals surface area contributed by atoms with Gasteiger partial charge in [-0.15, -0.1) is 12.4 Å². The second-order valence-corrected chi connectivity index (χ2v) is 4.38. The molecule has 0 aromatic heterocycles. The van der Waals surface area contributed by atoms with Gasteiger partial charge in [0.2, 0.25) is 5.91 Å². The van der Waals surface area contributed by atoms with Crippen LogP contribution in [0.4, 0.5) is 10.1 Å². The van der Waals surface area contributed by atoms with Crippen LogP contribution in [0.3, 0.4) is 0 Å². The number of carbonyl (C=O) groups is 1. The first-order valence-corrected chi connectivity index (χ1v) is 6.06. The molecule has 1 fully saturated rings. The van der Waals surface area contributed by atoms with Crippen LogP contribution >= 0.6 is 12.4 Å². The van der Waals surface area contributed by atoms with Gasteiger partial charge in [-0.1, -0.05) is 0 Å². The summed E-state index contributed by atoms with van der Waals surface area (Å²) in [5, 5.41) is 5.91. The summed E-state index contributed by atoms with van der Waals surface area (Å²) in [4.78, 5) is 11.9. The standard InChI is InChI=1S/C13H17FN2O2.ClH/c1-18-12-5-4-10(7-11(12)14)16-13(17)9-3-2-6-15-8-9;/h4-5,7,9,15H,2-3,6,8H2,1H3,(H,16,17);1H/t9-;/m1./s1. The van der Waals surface area contributed by atoms with E-state index in [4.69, 9.17) is 4.74 Å². The van der Waals surface area contributed by atoms with Crippen molar-refractivity contribution < 1.29 is 13.9 Å². The minimum Gasteiger partial charge on any atom is -0.494 e. The van der Waals surface area contributed by atoms with E-state index in [2.05, 4.69) is 10.6 Å². The van der Waals surface area contributed by atoms with Crippen LogP contribution in [0.2, 0.25) is 0 Å². The van der Waals surface area contributed by atoms with Gasteiger partial charge in [-0.3, -0.25) is 4.79 Å². The smallest absolute Gasteiger partial charge is 0.228 e. The molecule has 0 bridgehead atoms. The Morgan fingerprint density at radius 3 is 2.89 bits per heavy atom. The number of nitrogens with one attached hydrogen (secondary N) is 2. The zero-order valence-electron chi connectivity index (χ0n) is 10.7. The number of halogens is 2. The van der Waals surface area contributed by atoms with Crippen LogP contribution in [0.25, 0.3) is 0 Å². The summed E-state index contributed by atoms with van der Waals surface area (Å²) in [6, 6.07) is 4.41. The normalized spacial score (nSPS) is 18.3. The first-order chi connectivity index (χ1) is 8.70. The van der Waals surface area contributed by atoms with Crippen molar-refractivity contribution in [1.82, 2.24) is 5.32 Å². The number of piperidine rings is 1. The molecule has 106 valence electrons. The number of hydrogen-bond donors (Lipinski definition) is 2.